The van der Waals surface area contributed by atoms with Gasteiger partial charge in [0, 0.05) is 22.2 Å². The normalized spacial score (nSPS) is 11.8. The topological polar surface area (TPSA) is 123 Å². The van der Waals surface area contributed by atoms with Gasteiger partial charge in [-0.2, -0.15) is 0 Å². The third-order valence-corrected chi connectivity index (χ3v) is 7.23. The Morgan fingerprint density at radius 2 is 1.73 bits per heavy atom. The lowest BCUT2D eigenvalue weighted by Gasteiger charge is -2.15. The molecule has 0 bridgehead atoms. The summed E-state index contributed by atoms with van der Waals surface area (Å²) in [6.07, 6.45) is 2.17. The van der Waals surface area contributed by atoms with Crippen molar-refractivity contribution in [2.45, 2.75) is 30.4 Å². The van der Waals surface area contributed by atoms with Crippen LogP contribution in [0.2, 0.25) is 0 Å². The van der Waals surface area contributed by atoms with E-state index in [9.17, 15) is 14.4 Å². The zero-order chi connectivity index (χ0) is 29.2. The molecule has 0 saturated carbocycles. The number of aryl methyl sites for hydroxylation is 1. The first-order valence-corrected chi connectivity index (χ1v) is 13.8. The molecule has 0 radical (unpaired) electrons. The van der Waals surface area contributed by atoms with Crippen LogP contribution in [0.5, 0.6) is 5.75 Å². The maximum Gasteiger partial charge on any atom is 0.272 e. The smallest absolute Gasteiger partial charge is 0.272 e. The Hall–Kier alpha value is -4.83. The number of carbonyl (C=O) groups excluding carboxylic acids is 3. The molecule has 3 N–H and O–H groups in total. The lowest BCUT2D eigenvalue weighted by molar-refractivity contribution is -0.116. The summed E-state index contributed by atoms with van der Waals surface area (Å²) in [7, 11) is 1.57. The third kappa shape index (κ3) is 8.33. The van der Waals surface area contributed by atoms with Crippen LogP contribution in [-0.2, 0) is 9.59 Å². The molecule has 1 aromatic heterocycles. The zero-order valence-corrected chi connectivity index (χ0v) is 23.7. The Kier molecular flexibility index (Phi) is 9.95. The van der Waals surface area contributed by atoms with Crippen molar-refractivity contribution >= 4 is 47.1 Å². The Balaban J connectivity index is 1.50. The van der Waals surface area contributed by atoms with E-state index in [1.807, 2.05) is 19.1 Å². The number of nitrogens with zero attached hydrogens (tertiary/aromatic N) is 1. The van der Waals surface area contributed by atoms with E-state index in [0.717, 1.165) is 4.90 Å². The number of hydrogen-bond acceptors (Lipinski definition) is 7. The van der Waals surface area contributed by atoms with E-state index >= 15 is 0 Å². The summed E-state index contributed by atoms with van der Waals surface area (Å²) in [4.78, 5) is 39.9. The van der Waals surface area contributed by atoms with Crippen LogP contribution >= 0.6 is 11.8 Å². The summed E-state index contributed by atoms with van der Waals surface area (Å²) >= 11 is 1.37. The highest BCUT2D eigenvalue weighted by Gasteiger charge is 2.20. The fraction of sp³-hybridized carbons (Fsp3) is 0.161. The largest absolute Gasteiger partial charge is 0.497 e. The van der Waals surface area contributed by atoms with Crippen molar-refractivity contribution in [3.8, 4) is 5.75 Å². The molecule has 3 amide bonds. The van der Waals surface area contributed by atoms with Crippen LogP contribution in [0.4, 0.5) is 11.5 Å². The summed E-state index contributed by atoms with van der Waals surface area (Å²) in [5.41, 5.74) is 1.70. The van der Waals surface area contributed by atoms with Gasteiger partial charge in [0.1, 0.15) is 17.2 Å². The van der Waals surface area contributed by atoms with E-state index in [0.29, 0.717) is 40.6 Å². The zero-order valence-electron chi connectivity index (χ0n) is 22.8. The second-order valence-corrected chi connectivity index (χ2v) is 10.2. The number of rotatable bonds is 11. The van der Waals surface area contributed by atoms with E-state index in [2.05, 4.69) is 21.1 Å². The number of benzene rings is 3. The van der Waals surface area contributed by atoms with Crippen LogP contribution in [0.25, 0.3) is 6.08 Å². The quantitative estimate of drug-likeness (QED) is 0.151. The molecule has 3 aromatic carbocycles. The molecule has 0 spiro atoms. The number of anilines is 2. The molecule has 9 nitrogen and oxygen atoms in total. The van der Waals surface area contributed by atoms with Crippen LogP contribution in [0.15, 0.2) is 100 Å². The second-order valence-electron chi connectivity index (χ2n) is 8.96. The first-order chi connectivity index (χ1) is 19.8. The standard InChI is InChI=1S/C31H30N4O5S/c1-4-27(31(38)34-28-17-20(2)40-35-28)41-25-12-8-11-23(19-25)32-30(37)26(18-21-13-15-24(39-3)16-14-21)33-29(36)22-9-6-5-7-10-22/h5-19,27H,4H2,1-3H3,(H,32,37)(H,33,36)(H,34,35,38)/b26-18+. The van der Waals surface area contributed by atoms with Gasteiger partial charge in [0.2, 0.25) is 5.91 Å². The summed E-state index contributed by atoms with van der Waals surface area (Å²) in [5.74, 6) is 0.521. The molecule has 0 aliphatic rings. The van der Waals surface area contributed by atoms with Gasteiger partial charge >= 0.3 is 0 Å². The Labute approximate surface area is 242 Å². The van der Waals surface area contributed by atoms with E-state index < -0.39 is 17.1 Å². The molecule has 4 aromatic rings. The predicted molar refractivity (Wildman–Crippen MR) is 160 cm³/mol. The molecule has 0 aliphatic heterocycles. The predicted octanol–water partition coefficient (Wildman–Crippen LogP) is 5.91. The lowest BCUT2D eigenvalue weighted by Crippen LogP contribution is -2.30. The number of methoxy groups -OCH3 is 1. The molecule has 41 heavy (non-hydrogen) atoms. The van der Waals surface area contributed by atoms with E-state index in [-0.39, 0.29) is 11.6 Å². The monoisotopic (exact) mass is 570 g/mol. The van der Waals surface area contributed by atoms with Gasteiger partial charge in [-0.3, -0.25) is 14.4 Å². The van der Waals surface area contributed by atoms with Gasteiger partial charge in [0.15, 0.2) is 5.82 Å². The van der Waals surface area contributed by atoms with Crippen molar-refractivity contribution in [1.29, 1.82) is 0 Å². The molecule has 1 heterocycles. The van der Waals surface area contributed by atoms with Crippen LogP contribution in [0.1, 0.15) is 35.0 Å². The van der Waals surface area contributed by atoms with Gasteiger partial charge in [-0.25, -0.2) is 0 Å². The summed E-state index contributed by atoms with van der Waals surface area (Å²) in [6.45, 7) is 3.67. The fourth-order valence-electron chi connectivity index (χ4n) is 3.77. The molecule has 10 heteroatoms. The van der Waals surface area contributed by atoms with Crippen LogP contribution < -0.4 is 20.7 Å². The molecule has 0 fully saturated rings. The number of hydrogen-bond donors (Lipinski definition) is 3. The SMILES string of the molecule is CCC(Sc1cccc(NC(=O)/C(=C\c2ccc(OC)cc2)NC(=O)c2ccccc2)c1)C(=O)Nc1cc(C)on1. The minimum Gasteiger partial charge on any atom is -0.497 e. The van der Waals surface area contributed by atoms with Crippen molar-refractivity contribution in [2.24, 2.45) is 0 Å². The molecule has 0 saturated heterocycles. The molecular weight excluding hydrogens is 540 g/mol. The van der Waals surface area contributed by atoms with Crippen molar-refractivity contribution in [3.63, 3.8) is 0 Å². The minimum absolute atomic E-state index is 0.0656. The van der Waals surface area contributed by atoms with Gasteiger partial charge < -0.3 is 25.2 Å². The molecular formula is C31H30N4O5S. The maximum atomic E-state index is 13.4. The molecule has 1 unspecified atom stereocenters. The minimum atomic E-state index is -0.501. The number of carbonyl (C=O) groups is 3. The molecule has 210 valence electrons. The van der Waals surface area contributed by atoms with Gasteiger partial charge in [0.05, 0.1) is 12.4 Å². The Morgan fingerprint density at radius 1 is 0.976 bits per heavy atom. The van der Waals surface area contributed by atoms with Gasteiger partial charge in [-0.15, -0.1) is 11.8 Å². The first-order valence-electron chi connectivity index (χ1n) is 12.9. The van der Waals surface area contributed by atoms with Crippen molar-refractivity contribution in [3.05, 3.63) is 108 Å². The van der Waals surface area contributed by atoms with E-state index in [1.165, 1.54) is 11.8 Å². The molecule has 4 rings (SSSR count). The number of thioether (sulfide) groups is 1. The van der Waals surface area contributed by atoms with Crippen LogP contribution in [0, 0.1) is 6.92 Å². The molecule has 0 aliphatic carbocycles. The highest BCUT2D eigenvalue weighted by molar-refractivity contribution is 8.00. The Morgan fingerprint density at radius 3 is 2.39 bits per heavy atom. The number of ether oxygens (including phenoxy) is 1. The molecule has 1 atom stereocenters. The average Bonchev–Trinajstić information content (AvgIpc) is 3.40. The maximum absolute atomic E-state index is 13.4. The van der Waals surface area contributed by atoms with Gasteiger partial charge in [-0.1, -0.05) is 48.5 Å². The van der Waals surface area contributed by atoms with Crippen molar-refractivity contribution in [2.75, 3.05) is 17.7 Å². The second kappa shape index (κ2) is 14.0. The fourth-order valence-corrected chi connectivity index (χ4v) is 4.79. The summed E-state index contributed by atoms with van der Waals surface area (Å²) in [5, 5.41) is 11.8. The van der Waals surface area contributed by atoms with Crippen LogP contribution in [0.3, 0.4) is 0 Å². The summed E-state index contributed by atoms with van der Waals surface area (Å²) in [6, 6.07) is 24.6. The number of amides is 3. The Bertz CT molecular complexity index is 1530. The number of aromatic nitrogens is 1. The van der Waals surface area contributed by atoms with E-state index in [1.54, 1.807) is 92.9 Å². The van der Waals surface area contributed by atoms with Crippen molar-refractivity contribution < 1.29 is 23.6 Å². The highest BCUT2D eigenvalue weighted by atomic mass is 32.2. The van der Waals surface area contributed by atoms with Crippen molar-refractivity contribution in [1.82, 2.24) is 10.5 Å². The summed E-state index contributed by atoms with van der Waals surface area (Å²) < 4.78 is 10.2. The highest BCUT2D eigenvalue weighted by Crippen LogP contribution is 2.29. The third-order valence-electron chi connectivity index (χ3n) is 5.87. The van der Waals surface area contributed by atoms with Gasteiger partial charge in [0.25, 0.3) is 11.8 Å². The van der Waals surface area contributed by atoms with Crippen LogP contribution in [-0.4, -0.2) is 35.2 Å². The van der Waals surface area contributed by atoms with Gasteiger partial charge in [-0.05, 0) is 67.4 Å². The average molecular weight is 571 g/mol. The number of nitrogens with one attached hydrogen (secondary N) is 3. The lowest BCUT2D eigenvalue weighted by atomic mass is 10.1. The first kappa shape index (κ1) is 29.2. The van der Waals surface area contributed by atoms with E-state index in [4.69, 9.17) is 9.26 Å².